The second-order valence-electron chi connectivity index (χ2n) is 8.72. The number of benzene rings is 2. The number of likely N-dealkylation sites (tertiary alicyclic amines) is 1. The average Bonchev–Trinajstić information content (AvgIpc) is 2.84. The normalized spacial score (nSPS) is 19.7. The van der Waals surface area contributed by atoms with Crippen molar-refractivity contribution in [2.75, 3.05) is 33.4 Å². The lowest BCUT2D eigenvalue weighted by molar-refractivity contribution is -0.137. The van der Waals surface area contributed by atoms with Crippen LogP contribution in [0.3, 0.4) is 0 Å². The fraction of sp³-hybridized carbons (Fsp3) is 0.462. The first-order valence-corrected chi connectivity index (χ1v) is 11.2. The molecule has 2 aliphatic rings. The molecule has 2 aromatic rings. The Labute approximate surface area is 187 Å². The van der Waals surface area contributed by atoms with Gasteiger partial charge in [-0.15, -0.1) is 0 Å². The number of hydrogen-bond donors (Lipinski definition) is 0. The molecule has 0 amide bonds. The monoisotopic (exact) mass is 445 g/mol. The van der Waals surface area contributed by atoms with Crippen molar-refractivity contribution in [1.29, 1.82) is 0 Å². The highest BCUT2D eigenvalue weighted by molar-refractivity contribution is 5.62. The van der Waals surface area contributed by atoms with Crippen LogP contribution in [0.4, 0.5) is 13.2 Å². The van der Waals surface area contributed by atoms with Crippen LogP contribution in [0.5, 0.6) is 0 Å². The summed E-state index contributed by atoms with van der Waals surface area (Å²) >= 11 is 0. The lowest BCUT2D eigenvalue weighted by Gasteiger charge is -2.37. The first-order valence-electron chi connectivity index (χ1n) is 11.2. The highest BCUT2D eigenvalue weighted by Gasteiger charge is 2.34. The first-order chi connectivity index (χ1) is 15.3. The Morgan fingerprint density at radius 2 is 1.59 bits per heavy atom. The van der Waals surface area contributed by atoms with Crippen molar-refractivity contribution >= 4 is 5.70 Å². The Bertz CT molecular complexity index is 908. The predicted molar refractivity (Wildman–Crippen MR) is 119 cm³/mol. The van der Waals surface area contributed by atoms with Gasteiger partial charge in [0.25, 0.3) is 0 Å². The van der Waals surface area contributed by atoms with Gasteiger partial charge in [-0.1, -0.05) is 43.0 Å². The third-order valence-electron chi connectivity index (χ3n) is 7.02. The van der Waals surface area contributed by atoms with Gasteiger partial charge in [-0.25, -0.2) is 0 Å². The smallest absolute Gasteiger partial charge is 0.381 e. The molecule has 2 fully saturated rings. The summed E-state index contributed by atoms with van der Waals surface area (Å²) in [6.45, 7) is 7.40. The van der Waals surface area contributed by atoms with E-state index in [1.165, 1.54) is 17.7 Å². The van der Waals surface area contributed by atoms with E-state index in [1.54, 1.807) is 19.2 Å². The van der Waals surface area contributed by atoms with Gasteiger partial charge >= 0.3 is 6.18 Å². The van der Waals surface area contributed by atoms with E-state index in [-0.39, 0.29) is 11.5 Å². The van der Waals surface area contributed by atoms with Crippen molar-refractivity contribution in [3.05, 3.63) is 77.4 Å². The van der Waals surface area contributed by atoms with Gasteiger partial charge in [-0.3, -0.25) is 0 Å². The van der Waals surface area contributed by atoms with Crippen LogP contribution in [0.1, 0.15) is 53.9 Å². The molecule has 2 aromatic carbocycles. The van der Waals surface area contributed by atoms with Crippen LogP contribution < -0.4 is 0 Å². The molecule has 32 heavy (non-hydrogen) atoms. The van der Waals surface area contributed by atoms with Crippen LogP contribution in [0.25, 0.3) is 5.70 Å². The van der Waals surface area contributed by atoms with E-state index in [9.17, 15) is 13.2 Å². The Hall–Kier alpha value is -2.31. The molecule has 0 saturated carbocycles. The standard InChI is InChI=1S/C26H30F3NO2/c1-19(20-3-7-23(8-4-20)25(31-2)13-17-32-18-14-25)30-15-11-22(12-16-30)21-5-9-24(10-6-21)26(27,28)29/h3-10,22H,1,11-18H2,2H3. The molecule has 0 N–H and O–H groups in total. The number of hydrogen-bond acceptors (Lipinski definition) is 3. The summed E-state index contributed by atoms with van der Waals surface area (Å²) in [5.41, 5.74) is 3.35. The molecule has 4 rings (SSSR count). The summed E-state index contributed by atoms with van der Waals surface area (Å²) in [5.74, 6) is 0.277. The topological polar surface area (TPSA) is 21.7 Å². The fourth-order valence-electron chi connectivity index (χ4n) is 4.89. The minimum Gasteiger partial charge on any atom is -0.381 e. The molecule has 0 unspecified atom stereocenters. The Morgan fingerprint density at radius 1 is 1.00 bits per heavy atom. The van der Waals surface area contributed by atoms with Crippen molar-refractivity contribution < 1.29 is 22.6 Å². The molecular formula is C26H30F3NO2. The lowest BCUT2D eigenvalue weighted by atomic mass is 9.85. The predicted octanol–water partition coefficient (Wildman–Crippen LogP) is 6.21. The van der Waals surface area contributed by atoms with Gasteiger partial charge in [0.1, 0.15) is 0 Å². The number of methoxy groups -OCH3 is 1. The summed E-state index contributed by atoms with van der Waals surface area (Å²) in [7, 11) is 1.76. The summed E-state index contributed by atoms with van der Waals surface area (Å²) in [6, 6.07) is 14.1. The minimum atomic E-state index is -4.29. The number of piperidine rings is 1. The van der Waals surface area contributed by atoms with E-state index in [1.807, 2.05) is 0 Å². The molecule has 3 nitrogen and oxygen atoms in total. The van der Waals surface area contributed by atoms with Crippen LogP contribution in [0.2, 0.25) is 0 Å². The van der Waals surface area contributed by atoms with E-state index in [0.29, 0.717) is 13.2 Å². The lowest BCUT2D eigenvalue weighted by Crippen LogP contribution is -2.35. The molecule has 0 radical (unpaired) electrons. The van der Waals surface area contributed by atoms with Gasteiger partial charge in [0, 0.05) is 52.0 Å². The van der Waals surface area contributed by atoms with Crippen LogP contribution in [-0.4, -0.2) is 38.3 Å². The zero-order chi connectivity index (χ0) is 22.8. The van der Waals surface area contributed by atoms with Gasteiger partial charge in [-0.05, 0) is 47.6 Å². The van der Waals surface area contributed by atoms with E-state index in [0.717, 1.165) is 55.6 Å². The molecule has 172 valence electrons. The van der Waals surface area contributed by atoms with E-state index < -0.39 is 11.7 Å². The van der Waals surface area contributed by atoms with Gasteiger partial charge in [0.15, 0.2) is 0 Å². The Kier molecular flexibility index (Phi) is 6.63. The number of nitrogens with zero attached hydrogens (tertiary/aromatic N) is 1. The second kappa shape index (κ2) is 9.28. The van der Waals surface area contributed by atoms with Crippen molar-refractivity contribution in [1.82, 2.24) is 4.90 Å². The SMILES string of the molecule is C=C(c1ccc(C2(OC)CCOCC2)cc1)N1CCC(c2ccc(C(F)(F)F)cc2)CC1. The van der Waals surface area contributed by atoms with Crippen molar-refractivity contribution in [3.8, 4) is 0 Å². The largest absolute Gasteiger partial charge is 0.416 e. The van der Waals surface area contributed by atoms with E-state index in [4.69, 9.17) is 9.47 Å². The van der Waals surface area contributed by atoms with E-state index >= 15 is 0 Å². The van der Waals surface area contributed by atoms with Crippen LogP contribution in [-0.2, 0) is 21.3 Å². The van der Waals surface area contributed by atoms with Crippen molar-refractivity contribution in [2.24, 2.45) is 0 Å². The molecule has 0 bridgehead atoms. The summed E-state index contributed by atoms with van der Waals surface area (Å²) in [6.07, 6.45) is -0.796. The molecule has 2 saturated heterocycles. The molecule has 2 heterocycles. The Morgan fingerprint density at radius 3 is 2.12 bits per heavy atom. The zero-order valence-electron chi connectivity index (χ0n) is 18.5. The van der Waals surface area contributed by atoms with Crippen LogP contribution in [0, 0.1) is 0 Å². The maximum absolute atomic E-state index is 12.8. The highest BCUT2D eigenvalue weighted by atomic mass is 19.4. The average molecular weight is 446 g/mol. The summed E-state index contributed by atoms with van der Waals surface area (Å²) in [5, 5.41) is 0. The molecule has 0 atom stereocenters. The van der Waals surface area contributed by atoms with Crippen molar-refractivity contribution in [2.45, 2.75) is 43.4 Å². The third-order valence-corrected chi connectivity index (χ3v) is 7.02. The number of alkyl halides is 3. The Balaban J connectivity index is 1.37. The fourth-order valence-corrected chi connectivity index (χ4v) is 4.89. The zero-order valence-corrected chi connectivity index (χ0v) is 18.5. The molecular weight excluding hydrogens is 415 g/mol. The van der Waals surface area contributed by atoms with Gasteiger partial charge in [-0.2, -0.15) is 13.2 Å². The highest BCUT2D eigenvalue weighted by Crippen LogP contribution is 2.37. The van der Waals surface area contributed by atoms with E-state index in [2.05, 4.69) is 35.7 Å². The van der Waals surface area contributed by atoms with Crippen molar-refractivity contribution in [3.63, 3.8) is 0 Å². The second-order valence-corrected chi connectivity index (χ2v) is 8.72. The van der Waals surface area contributed by atoms with Gasteiger partial charge in [0.2, 0.25) is 0 Å². The molecule has 0 spiro atoms. The van der Waals surface area contributed by atoms with Crippen LogP contribution in [0.15, 0.2) is 55.1 Å². The molecule has 0 aliphatic carbocycles. The van der Waals surface area contributed by atoms with Gasteiger partial charge in [0.05, 0.1) is 11.2 Å². The molecule has 2 aliphatic heterocycles. The van der Waals surface area contributed by atoms with Crippen LogP contribution >= 0.6 is 0 Å². The maximum Gasteiger partial charge on any atom is 0.416 e. The third kappa shape index (κ3) is 4.71. The van der Waals surface area contributed by atoms with Gasteiger partial charge < -0.3 is 14.4 Å². The summed E-state index contributed by atoms with van der Waals surface area (Å²) < 4.78 is 49.8. The maximum atomic E-state index is 12.8. The number of ether oxygens (including phenoxy) is 2. The quantitative estimate of drug-likeness (QED) is 0.546. The number of rotatable bonds is 5. The molecule has 0 aromatic heterocycles. The summed E-state index contributed by atoms with van der Waals surface area (Å²) in [4.78, 5) is 2.27. The minimum absolute atomic E-state index is 0.277. The first kappa shape index (κ1) is 22.9. The number of halogens is 3. The molecule has 6 heteroatoms.